The Hall–Kier alpha value is -0.880. The number of aliphatic hydroxyl groups excluding tert-OH is 1. The van der Waals surface area contributed by atoms with E-state index in [9.17, 15) is 5.11 Å². The van der Waals surface area contributed by atoms with E-state index in [1.807, 2.05) is 12.2 Å². The predicted molar refractivity (Wildman–Crippen MR) is 80.7 cm³/mol. The topological polar surface area (TPSA) is 68.0 Å². The van der Waals surface area contributed by atoms with Gasteiger partial charge in [0, 0.05) is 6.04 Å². The molecule has 3 atom stereocenters. The molecule has 0 bridgehead atoms. The summed E-state index contributed by atoms with van der Waals surface area (Å²) >= 11 is 0. The van der Waals surface area contributed by atoms with Gasteiger partial charge < -0.3 is 25.2 Å². The average Bonchev–Trinajstić information content (AvgIpc) is 3.05. The first-order chi connectivity index (χ1) is 10.2. The third-order valence-corrected chi connectivity index (χ3v) is 4.59. The molecule has 0 spiro atoms. The zero-order valence-corrected chi connectivity index (χ0v) is 12.5. The van der Waals surface area contributed by atoms with E-state index < -0.39 is 6.10 Å². The summed E-state index contributed by atoms with van der Waals surface area (Å²) in [6.45, 7) is 4.55. The molecule has 118 valence electrons. The van der Waals surface area contributed by atoms with Crippen molar-refractivity contribution < 1.29 is 14.6 Å². The summed E-state index contributed by atoms with van der Waals surface area (Å²) in [5, 5.41) is 10.5. The number of rotatable bonds is 5. The van der Waals surface area contributed by atoms with Crippen molar-refractivity contribution in [2.24, 2.45) is 5.73 Å². The van der Waals surface area contributed by atoms with Crippen LogP contribution in [0.5, 0.6) is 0 Å². The van der Waals surface area contributed by atoms with Gasteiger partial charge in [0.05, 0.1) is 12.7 Å². The van der Waals surface area contributed by atoms with Crippen molar-refractivity contribution in [3.8, 4) is 0 Å². The van der Waals surface area contributed by atoms with E-state index in [0.717, 1.165) is 30.7 Å². The van der Waals surface area contributed by atoms with Gasteiger partial charge in [-0.3, -0.25) is 0 Å². The van der Waals surface area contributed by atoms with Crippen molar-refractivity contribution in [2.75, 3.05) is 32.8 Å². The van der Waals surface area contributed by atoms with Crippen molar-refractivity contribution in [2.45, 2.75) is 43.9 Å². The van der Waals surface area contributed by atoms with Crippen LogP contribution in [0.2, 0.25) is 0 Å². The lowest BCUT2D eigenvalue weighted by Gasteiger charge is -2.31. The number of hydrogen-bond acceptors (Lipinski definition) is 5. The molecule has 2 aliphatic heterocycles. The zero-order chi connectivity index (χ0) is 14.7. The van der Waals surface area contributed by atoms with Crippen LogP contribution in [0, 0.1) is 0 Å². The lowest BCUT2D eigenvalue weighted by molar-refractivity contribution is -0.0422. The molecule has 5 heteroatoms. The van der Waals surface area contributed by atoms with Gasteiger partial charge in [0.25, 0.3) is 0 Å². The van der Waals surface area contributed by atoms with Crippen molar-refractivity contribution in [1.82, 2.24) is 4.90 Å². The normalized spacial score (nSPS) is 29.1. The van der Waals surface area contributed by atoms with Crippen LogP contribution in [0.3, 0.4) is 0 Å². The van der Waals surface area contributed by atoms with Crippen LogP contribution in [0.4, 0.5) is 0 Å². The van der Waals surface area contributed by atoms with Gasteiger partial charge in [-0.05, 0) is 57.0 Å². The molecule has 3 N–H and O–H groups in total. The van der Waals surface area contributed by atoms with E-state index in [-0.39, 0.29) is 12.1 Å². The van der Waals surface area contributed by atoms with Crippen LogP contribution in [0.15, 0.2) is 23.5 Å². The first kappa shape index (κ1) is 15.0. The molecule has 0 saturated carbocycles. The number of nitrogens with two attached hydrogens (primary N) is 1. The minimum atomic E-state index is -0.619. The van der Waals surface area contributed by atoms with E-state index in [1.165, 1.54) is 25.9 Å². The number of hydrogen-bond donors (Lipinski definition) is 2. The molecular weight excluding hydrogens is 268 g/mol. The minimum Gasteiger partial charge on any atom is -0.493 e. The molecular formula is C16H26N2O3. The quantitative estimate of drug-likeness (QED) is 0.784. The summed E-state index contributed by atoms with van der Waals surface area (Å²) in [6, 6.07) is -0.227. The fourth-order valence-electron chi connectivity index (χ4n) is 3.26. The Morgan fingerprint density at radius 1 is 1.33 bits per heavy atom. The second kappa shape index (κ2) is 6.92. The monoisotopic (exact) mass is 294 g/mol. The molecule has 0 unspecified atom stereocenters. The maximum atomic E-state index is 10.5. The minimum absolute atomic E-state index is 0.0236. The lowest BCUT2D eigenvalue weighted by Crippen LogP contribution is -2.40. The third-order valence-electron chi connectivity index (χ3n) is 4.59. The number of fused-ring (bicyclic) bond motifs is 1. The molecule has 0 aromatic heterocycles. The Kier molecular flexibility index (Phi) is 4.95. The van der Waals surface area contributed by atoms with Crippen LogP contribution in [0.1, 0.15) is 25.7 Å². The zero-order valence-electron chi connectivity index (χ0n) is 12.5. The fourth-order valence-corrected chi connectivity index (χ4v) is 3.26. The summed E-state index contributed by atoms with van der Waals surface area (Å²) < 4.78 is 11.2. The maximum absolute atomic E-state index is 10.5. The Bertz CT molecular complexity index is 416. The van der Waals surface area contributed by atoms with E-state index in [2.05, 4.69) is 4.90 Å². The fraction of sp³-hybridized carbons (Fsp3) is 0.750. The van der Waals surface area contributed by atoms with E-state index in [1.54, 1.807) is 0 Å². The average molecular weight is 294 g/mol. The maximum Gasteiger partial charge on any atom is 0.126 e. The van der Waals surface area contributed by atoms with Crippen molar-refractivity contribution >= 4 is 0 Å². The molecule has 0 radical (unpaired) electrons. The van der Waals surface area contributed by atoms with Gasteiger partial charge in [0.1, 0.15) is 18.5 Å². The van der Waals surface area contributed by atoms with Crippen LogP contribution < -0.4 is 5.73 Å². The van der Waals surface area contributed by atoms with Crippen LogP contribution >= 0.6 is 0 Å². The van der Waals surface area contributed by atoms with Crippen molar-refractivity contribution in [3.63, 3.8) is 0 Å². The Morgan fingerprint density at radius 2 is 2.14 bits per heavy atom. The highest BCUT2D eigenvalue weighted by atomic mass is 16.6. The SMILES string of the molecule is N[C@H](CCN1CCCC1)[C@H](O)C1=CC[C@@H]2OCCOC2=C1. The smallest absolute Gasteiger partial charge is 0.126 e. The molecule has 0 aromatic rings. The Labute approximate surface area is 126 Å². The van der Waals surface area contributed by atoms with Gasteiger partial charge in [0.15, 0.2) is 0 Å². The van der Waals surface area contributed by atoms with Crippen LogP contribution in [-0.2, 0) is 9.47 Å². The van der Waals surface area contributed by atoms with Crippen LogP contribution in [-0.4, -0.2) is 61.1 Å². The van der Waals surface area contributed by atoms with Gasteiger partial charge in [-0.15, -0.1) is 0 Å². The van der Waals surface area contributed by atoms with Gasteiger partial charge in [-0.1, -0.05) is 6.08 Å². The van der Waals surface area contributed by atoms with Crippen LogP contribution in [0.25, 0.3) is 0 Å². The predicted octanol–water partition coefficient (Wildman–Crippen LogP) is 0.790. The second-order valence-corrected chi connectivity index (χ2v) is 6.14. The van der Waals surface area contributed by atoms with Gasteiger partial charge >= 0.3 is 0 Å². The second-order valence-electron chi connectivity index (χ2n) is 6.14. The standard InChI is InChI=1S/C16H26N2O3/c17-13(5-8-18-6-1-2-7-18)16(19)12-3-4-14-15(11-12)21-10-9-20-14/h3,11,13-14,16,19H,1-2,4-10,17H2/t13-,14+,16-/m1/s1. The molecule has 1 aliphatic carbocycles. The number of likely N-dealkylation sites (tertiary alicyclic amines) is 1. The highest BCUT2D eigenvalue weighted by Crippen LogP contribution is 2.27. The van der Waals surface area contributed by atoms with E-state index in [4.69, 9.17) is 15.2 Å². The third kappa shape index (κ3) is 3.66. The molecule has 2 heterocycles. The molecule has 3 rings (SSSR count). The van der Waals surface area contributed by atoms with Crippen molar-refractivity contribution in [1.29, 1.82) is 0 Å². The lowest BCUT2D eigenvalue weighted by atomic mass is 9.93. The molecule has 2 saturated heterocycles. The molecule has 5 nitrogen and oxygen atoms in total. The Balaban J connectivity index is 1.53. The van der Waals surface area contributed by atoms with Gasteiger partial charge in [0.2, 0.25) is 0 Å². The number of aliphatic hydroxyl groups is 1. The summed E-state index contributed by atoms with van der Waals surface area (Å²) in [6.07, 6.45) is 7.50. The molecule has 0 amide bonds. The highest BCUT2D eigenvalue weighted by molar-refractivity contribution is 5.32. The number of ether oxygens (including phenoxy) is 2. The van der Waals surface area contributed by atoms with E-state index >= 15 is 0 Å². The van der Waals surface area contributed by atoms with Gasteiger partial charge in [-0.2, -0.15) is 0 Å². The summed E-state index contributed by atoms with van der Waals surface area (Å²) in [4.78, 5) is 2.43. The number of nitrogens with zero attached hydrogens (tertiary/aromatic N) is 1. The Morgan fingerprint density at radius 3 is 2.95 bits per heavy atom. The summed E-state index contributed by atoms with van der Waals surface area (Å²) in [5.41, 5.74) is 7.05. The largest absolute Gasteiger partial charge is 0.493 e. The molecule has 2 fully saturated rings. The highest BCUT2D eigenvalue weighted by Gasteiger charge is 2.28. The first-order valence-electron chi connectivity index (χ1n) is 8.06. The van der Waals surface area contributed by atoms with Crippen molar-refractivity contribution in [3.05, 3.63) is 23.5 Å². The summed E-state index contributed by atoms with van der Waals surface area (Å²) in [7, 11) is 0. The first-order valence-corrected chi connectivity index (χ1v) is 8.06. The molecule has 21 heavy (non-hydrogen) atoms. The van der Waals surface area contributed by atoms with E-state index in [0.29, 0.717) is 13.2 Å². The molecule has 3 aliphatic rings. The van der Waals surface area contributed by atoms with Gasteiger partial charge in [-0.25, -0.2) is 0 Å². The molecule has 0 aromatic carbocycles. The summed E-state index contributed by atoms with van der Waals surface area (Å²) in [5.74, 6) is 0.838.